The highest BCUT2D eigenvalue weighted by Gasteiger charge is 2.32. The van der Waals surface area contributed by atoms with Gasteiger partial charge in [0.2, 0.25) is 0 Å². The van der Waals surface area contributed by atoms with Crippen molar-refractivity contribution in [1.82, 2.24) is 10.6 Å². The van der Waals surface area contributed by atoms with E-state index in [1.54, 1.807) is 13.8 Å². The summed E-state index contributed by atoms with van der Waals surface area (Å²) in [5, 5.41) is 5.40. The van der Waals surface area contributed by atoms with Gasteiger partial charge in [-0.3, -0.25) is 0 Å². The molecule has 0 saturated heterocycles. The first-order valence-corrected chi connectivity index (χ1v) is 9.70. The lowest BCUT2D eigenvalue weighted by atomic mass is 9.95. The Kier molecular flexibility index (Phi) is 6.36. The molecule has 146 valence electrons. The average Bonchev–Trinajstić information content (AvgIpc) is 2.67. The minimum absolute atomic E-state index is 0.263. The average molecular weight is 445 g/mol. The Hall–Kier alpha value is -2.80. The van der Waals surface area contributed by atoms with Crippen LogP contribution in [0.25, 0.3) is 0 Å². The molecule has 0 spiro atoms. The van der Waals surface area contributed by atoms with Crippen molar-refractivity contribution in [1.29, 1.82) is 0 Å². The van der Waals surface area contributed by atoms with Crippen LogP contribution in [-0.4, -0.2) is 18.6 Å². The van der Waals surface area contributed by atoms with E-state index in [1.807, 2.05) is 48.5 Å². The second-order valence-electron chi connectivity index (χ2n) is 6.27. The van der Waals surface area contributed by atoms with Crippen LogP contribution >= 0.6 is 15.9 Å². The van der Waals surface area contributed by atoms with Crippen molar-refractivity contribution >= 4 is 27.9 Å². The minimum atomic E-state index is -0.576. The SMILES string of the molecule is CCOC(=O)C1=C(C)NC(=O)N[C@@H]1c1ccc(OCc2ccc(Br)cc2)cc1. The molecule has 1 atom stereocenters. The number of rotatable bonds is 6. The number of carbonyl (C=O) groups excluding carboxylic acids is 2. The molecule has 2 amide bonds. The second-order valence-corrected chi connectivity index (χ2v) is 7.19. The summed E-state index contributed by atoms with van der Waals surface area (Å²) in [6, 6.07) is 14.3. The van der Waals surface area contributed by atoms with E-state index in [1.165, 1.54) is 0 Å². The molecule has 0 fully saturated rings. The molecule has 7 heteroatoms. The molecule has 2 N–H and O–H groups in total. The van der Waals surface area contributed by atoms with Gasteiger partial charge in [0, 0.05) is 10.2 Å². The number of ether oxygens (including phenoxy) is 2. The van der Waals surface area contributed by atoms with Crippen molar-refractivity contribution in [2.75, 3.05) is 6.61 Å². The summed E-state index contributed by atoms with van der Waals surface area (Å²) in [6.07, 6.45) is 0. The first-order chi connectivity index (χ1) is 13.5. The summed E-state index contributed by atoms with van der Waals surface area (Å²) in [6.45, 7) is 4.14. The molecule has 0 aromatic heterocycles. The van der Waals surface area contributed by atoms with Gasteiger partial charge in [-0.1, -0.05) is 40.2 Å². The molecular weight excluding hydrogens is 424 g/mol. The van der Waals surface area contributed by atoms with Crippen LogP contribution in [0, 0.1) is 0 Å². The first kappa shape index (κ1) is 19.9. The quantitative estimate of drug-likeness (QED) is 0.653. The minimum Gasteiger partial charge on any atom is -0.489 e. The van der Waals surface area contributed by atoms with Crippen LogP contribution in [0.2, 0.25) is 0 Å². The van der Waals surface area contributed by atoms with Crippen molar-refractivity contribution in [3.8, 4) is 5.75 Å². The van der Waals surface area contributed by atoms with E-state index in [2.05, 4.69) is 26.6 Å². The molecule has 2 aromatic carbocycles. The number of urea groups is 1. The highest BCUT2D eigenvalue weighted by atomic mass is 79.9. The number of nitrogens with one attached hydrogen (secondary N) is 2. The van der Waals surface area contributed by atoms with Crippen LogP contribution in [0.5, 0.6) is 5.75 Å². The van der Waals surface area contributed by atoms with Gasteiger partial charge in [-0.05, 0) is 49.2 Å². The highest BCUT2D eigenvalue weighted by molar-refractivity contribution is 9.10. The van der Waals surface area contributed by atoms with Crippen LogP contribution in [0.4, 0.5) is 4.79 Å². The Morgan fingerprint density at radius 3 is 2.43 bits per heavy atom. The van der Waals surface area contributed by atoms with Gasteiger partial charge >= 0.3 is 12.0 Å². The third-order valence-corrected chi connectivity index (χ3v) is 4.83. The lowest BCUT2D eigenvalue weighted by Crippen LogP contribution is -2.45. The number of esters is 1. The molecule has 3 rings (SSSR count). The second kappa shape index (κ2) is 8.93. The predicted octanol–water partition coefficient (Wildman–Crippen LogP) is 4.22. The summed E-state index contributed by atoms with van der Waals surface area (Å²) in [7, 11) is 0. The highest BCUT2D eigenvalue weighted by Crippen LogP contribution is 2.29. The molecule has 1 heterocycles. The van der Waals surface area contributed by atoms with Crippen LogP contribution in [0.1, 0.15) is 31.0 Å². The zero-order chi connectivity index (χ0) is 20.1. The molecule has 1 aliphatic heterocycles. The Bertz CT molecular complexity index is 892. The lowest BCUT2D eigenvalue weighted by molar-refractivity contribution is -0.139. The maximum absolute atomic E-state index is 12.3. The fourth-order valence-corrected chi connectivity index (χ4v) is 3.19. The molecule has 0 bridgehead atoms. The molecule has 1 aliphatic rings. The third-order valence-electron chi connectivity index (χ3n) is 4.30. The van der Waals surface area contributed by atoms with E-state index in [0.29, 0.717) is 23.6 Å². The van der Waals surface area contributed by atoms with Gasteiger partial charge in [0.15, 0.2) is 0 Å². The number of halogens is 1. The topological polar surface area (TPSA) is 76.7 Å². The fraction of sp³-hybridized carbons (Fsp3) is 0.238. The van der Waals surface area contributed by atoms with Gasteiger partial charge in [-0.2, -0.15) is 0 Å². The molecule has 28 heavy (non-hydrogen) atoms. The van der Waals surface area contributed by atoms with Gasteiger partial charge in [-0.15, -0.1) is 0 Å². The van der Waals surface area contributed by atoms with Crippen molar-refractivity contribution in [3.05, 3.63) is 75.4 Å². The fourth-order valence-electron chi connectivity index (χ4n) is 2.93. The molecule has 2 aromatic rings. The van der Waals surface area contributed by atoms with E-state index >= 15 is 0 Å². The number of allylic oxidation sites excluding steroid dienone is 1. The van der Waals surface area contributed by atoms with Crippen molar-refractivity contribution in [2.24, 2.45) is 0 Å². The zero-order valence-corrected chi connectivity index (χ0v) is 17.2. The van der Waals surface area contributed by atoms with E-state index in [0.717, 1.165) is 15.6 Å². The van der Waals surface area contributed by atoms with Crippen LogP contribution < -0.4 is 15.4 Å². The summed E-state index contributed by atoms with van der Waals surface area (Å²) in [5.74, 6) is 0.249. The van der Waals surface area contributed by atoms with Crippen LogP contribution in [0.3, 0.4) is 0 Å². The van der Waals surface area contributed by atoms with Crippen molar-refractivity contribution < 1.29 is 19.1 Å². The first-order valence-electron chi connectivity index (χ1n) is 8.90. The zero-order valence-electron chi connectivity index (χ0n) is 15.6. The van der Waals surface area contributed by atoms with Gasteiger partial charge in [0.1, 0.15) is 12.4 Å². The van der Waals surface area contributed by atoms with Gasteiger partial charge in [-0.25, -0.2) is 9.59 Å². The van der Waals surface area contributed by atoms with Gasteiger partial charge < -0.3 is 20.1 Å². The monoisotopic (exact) mass is 444 g/mol. The predicted molar refractivity (Wildman–Crippen MR) is 109 cm³/mol. The standard InChI is InChI=1S/C21H21BrN2O4/c1-3-27-20(25)18-13(2)23-21(26)24-19(18)15-6-10-17(11-7-15)28-12-14-4-8-16(22)9-5-14/h4-11,19H,3,12H2,1-2H3,(H2,23,24,26)/t19-/m1/s1. The molecule has 0 aliphatic carbocycles. The molecular formula is C21H21BrN2O4. The molecule has 0 saturated carbocycles. The number of amides is 2. The van der Waals surface area contributed by atoms with Crippen molar-refractivity contribution in [3.63, 3.8) is 0 Å². The smallest absolute Gasteiger partial charge is 0.338 e. The Morgan fingerprint density at radius 2 is 1.79 bits per heavy atom. The Morgan fingerprint density at radius 1 is 1.11 bits per heavy atom. The maximum atomic E-state index is 12.3. The lowest BCUT2D eigenvalue weighted by Gasteiger charge is -2.28. The number of carbonyl (C=O) groups is 2. The molecule has 6 nitrogen and oxygen atoms in total. The molecule has 0 unspecified atom stereocenters. The number of hydrogen-bond donors (Lipinski definition) is 2. The summed E-state index contributed by atoms with van der Waals surface area (Å²) in [4.78, 5) is 24.2. The van der Waals surface area contributed by atoms with Gasteiger partial charge in [0.05, 0.1) is 18.2 Å². The summed E-state index contributed by atoms with van der Waals surface area (Å²) < 4.78 is 12.0. The van der Waals surface area contributed by atoms with E-state index < -0.39 is 12.0 Å². The maximum Gasteiger partial charge on any atom is 0.338 e. The molecule has 0 radical (unpaired) electrons. The van der Waals surface area contributed by atoms with Gasteiger partial charge in [0.25, 0.3) is 0 Å². The Labute approximate surface area is 172 Å². The number of hydrogen-bond acceptors (Lipinski definition) is 4. The number of benzene rings is 2. The summed E-state index contributed by atoms with van der Waals surface area (Å²) >= 11 is 3.41. The van der Waals surface area contributed by atoms with Crippen LogP contribution in [0.15, 0.2) is 64.3 Å². The van der Waals surface area contributed by atoms with E-state index in [4.69, 9.17) is 9.47 Å². The summed E-state index contributed by atoms with van der Waals surface area (Å²) in [5.41, 5.74) is 2.71. The largest absolute Gasteiger partial charge is 0.489 e. The normalized spacial score (nSPS) is 16.2. The third kappa shape index (κ3) is 4.72. The Balaban J connectivity index is 1.75. The van der Waals surface area contributed by atoms with Crippen molar-refractivity contribution in [2.45, 2.75) is 26.5 Å². The van der Waals surface area contributed by atoms with E-state index in [-0.39, 0.29) is 12.6 Å². The van der Waals surface area contributed by atoms with Crippen LogP contribution in [-0.2, 0) is 16.1 Å². The van der Waals surface area contributed by atoms with E-state index in [9.17, 15) is 9.59 Å².